The molecule has 2 aliphatic rings. The minimum absolute atomic E-state index is 0. The third kappa shape index (κ3) is 8.32. The van der Waals surface area contributed by atoms with Crippen molar-refractivity contribution in [2.24, 2.45) is 5.92 Å². The number of esters is 1. The van der Waals surface area contributed by atoms with Crippen molar-refractivity contribution in [2.45, 2.75) is 42.2 Å². The number of sulfonamides is 1. The van der Waals surface area contributed by atoms with E-state index in [2.05, 4.69) is 9.72 Å². The number of hydrogen-bond acceptors (Lipinski definition) is 9. The van der Waals surface area contributed by atoms with Gasteiger partial charge in [0.05, 0.1) is 23.3 Å². The molecule has 10 nitrogen and oxygen atoms in total. The predicted molar refractivity (Wildman–Crippen MR) is 165 cm³/mol. The van der Waals surface area contributed by atoms with E-state index in [0.29, 0.717) is 23.7 Å². The van der Waals surface area contributed by atoms with E-state index in [9.17, 15) is 27.3 Å². The molecule has 46 heavy (non-hydrogen) atoms. The molecule has 1 saturated carbocycles. The lowest BCUT2D eigenvalue weighted by Gasteiger charge is -2.26. The van der Waals surface area contributed by atoms with Crippen LogP contribution in [-0.2, 0) is 26.0 Å². The van der Waals surface area contributed by atoms with E-state index in [1.807, 2.05) is 6.07 Å². The molecule has 246 valence electrons. The molecule has 1 aliphatic heterocycles. The third-order valence-corrected chi connectivity index (χ3v) is 11.4. The van der Waals surface area contributed by atoms with Crippen LogP contribution in [0.5, 0.6) is 11.5 Å². The summed E-state index contributed by atoms with van der Waals surface area (Å²) >= 11 is 20.1. The maximum Gasteiger partial charge on any atom is 0.387 e. The Kier molecular flexibility index (Phi) is 12.0. The molecular formula is C29H26Cl3F2N3O7S2. The van der Waals surface area contributed by atoms with E-state index in [0.717, 1.165) is 35.0 Å². The van der Waals surface area contributed by atoms with E-state index in [4.69, 9.17) is 44.3 Å². The van der Waals surface area contributed by atoms with E-state index in [1.165, 1.54) is 42.7 Å². The highest BCUT2D eigenvalue weighted by molar-refractivity contribution is 8.02. The number of rotatable bonds is 12. The molecule has 1 aromatic heterocycles. The smallest absolute Gasteiger partial charge is 0.387 e. The van der Waals surface area contributed by atoms with Gasteiger partial charge in [-0.15, -0.1) is 11.8 Å². The van der Waals surface area contributed by atoms with Crippen molar-refractivity contribution < 1.29 is 46.7 Å². The summed E-state index contributed by atoms with van der Waals surface area (Å²) in [6.07, 6.45) is 3.75. The molecule has 2 aromatic carbocycles. The average Bonchev–Trinajstić information content (AvgIpc) is 3.69. The molecule has 2 heterocycles. The Morgan fingerprint density at radius 2 is 1.80 bits per heavy atom. The monoisotopic (exact) mass is 735 g/mol. The topological polar surface area (TPSA) is 150 Å². The van der Waals surface area contributed by atoms with Gasteiger partial charge in [-0.2, -0.15) is 18.3 Å². The second-order valence-electron chi connectivity index (χ2n) is 10.2. The minimum atomic E-state index is -4.33. The Balaban J connectivity index is 0.00000480. The van der Waals surface area contributed by atoms with Crippen LogP contribution in [0, 0.1) is 17.2 Å². The molecule has 0 bridgehead atoms. The molecule has 0 radical (unpaired) electrons. The SMILES string of the molecule is N#Cc1ccc(Cl)c(S(=O)(=O)N2CCS[C@H]2C(=O)O[C@@H](Cc2c(Cl)c[nH+]cc2Cl)c2ccc(OC(F)F)c(OCC3CC3)c2)c1.[OH-]. The van der Waals surface area contributed by atoms with Gasteiger partial charge in [-0.05, 0) is 54.7 Å². The maximum atomic E-state index is 13.7. The quantitative estimate of drug-likeness (QED) is 0.200. The number of hydrogen-bond donors (Lipinski definition) is 0. The van der Waals surface area contributed by atoms with Gasteiger partial charge < -0.3 is 19.7 Å². The van der Waals surface area contributed by atoms with Crippen LogP contribution in [0.25, 0.3) is 0 Å². The van der Waals surface area contributed by atoms with Crippen molar-refractivity contribution in [1.29, 1.82) is 5.26 Å². The first kappa shape index (κ1) is 35.9. The second kappa shape index (κ2) is 15.3. The van der Waals surface area contributed by atoms with Crippen molar-refractivity contribution in [1.82, 2.24) is 4.31 Å². The lowest BCUT2D eigenvalue weighted by atomic mass is 10.0. The first-order chi connectivity index (χ1) is 21.5. The largest absolute Gasteiger partial charge is 0.870 e. The second-order valence-corrected chi connectivity index (χ2v) is 14.5. The van der Waals surface area contributed by atoms with Crippen LogP contribution in [-0.4, -0.2) is 55.1 Å². The summed E-state index contributed by atoms with van der Waals surface area (Å²) in [5.41, 5.74) is 0.849. The van der Waals surface area contributed by atoms with Crippen LogP contribution in [0.1, 0.15) is 35.6 Å². The fourth-order valence-corrected chi connectivity index (χ4v) is 8.67. The number of pyridine rings is 1. The third-order valence-electron chi connectivity index (χ3n) is 7.07. The van der Waals surface area contributed by atoms with Crippen molar-refractivity contribution >= 4 is 62.6 Å². The standard InChI is InChI=1S/C29H24Cl3F2N3O6S2.H2O/c30-20-5-3-17(12-35)9-26(20)45(39,40)37-7-8-44-27(37)28(38)42-24(11-19-21(31)13-36-14-22(19)32)18-4-6-23(43-29(33)34)25(10-18)41-15-16-1-2-16;/h3-6,9-10,13-14,16,24,27,29H,1-2,7-8,11,15H2;1H2/t24-,27-;/m0./s1. The van der Waals surface area contributed by atoms with Crippen molar-refractivity contribution in [3.05, 3.63) is 80.6 Å². The molecule has 1 saturated heterocycles. The zero-order chi connectivity index (χ0) is 32.3. The number of alkyl halides is 2. The Morgan fingerprint density at radius 1 is 1.09 bits per heavy atom. The zero-order valence-corrected chi connectivity index (χ0v) is 27.6. The van der Waals surface area contributed by atoms with Crippen LogP contribution in [0.3, 0.4) is 0 Å². The van der Waals surface area contributed by atoms with Gasteiger partial charge in [0.2, 0.25) is 10.0 Å². The van der Waals surface area contributed by atoms with Crippen molar-refractivity contribution in [3.8, 4) is 17.6 Å². The van der Waals surface area contributed by atoms with Gasteiger partial charge in [0.25, 0.3) is 0 Å². The number of aromatic nitrogens is 1. The first-order valence-corrected chi connectivity index (χ1v) is 17.2. The van der Waals surface area contributed by atoms with Crippen LogP contribution < -0.4 is 14.5 Å². The van der Waals surface area contributed by atoms with Gasteiger partial charge in [-0.25, -0.2) is 18.2 Å². The summed E-state index contributed by atoms with van der Waals surface area (Å²) in [6.45, 7) is -2.82. The van der Waals surface area contributed by atoms with Gasteiger partial charge >= 0.3 is 12.6 Å². The summed E-state index contributed by atoms with van der Waals surface area (Å²) in [5, 5.41) is 8.38. The Morgan fingerprint density at radius 3 is 2.46 bits per heavy atom. The van der Waals surface area contributed by atoms with Gasteiger partial charge in [-0.3, -0.25) is 0 Å². The van der Waals surface area contributed by atoms with Crippen LogP contribution in [0.2, 0.25) is 15.1 Å². The summed E-state index contributed by atoms with van der Waals surface area (Å²) in [7, 11) is -4.33. The summed E-state index contributed by atoms with van der Waals surface area (Å²) in [5.74, 6) is -0.462. The number of halogens is 5. The van der Waals surface area contributed by atoms with E-state index >= 15 is 0 Å². The number of carbonyl (C=O) groups is 1. The summed E-state index contributed by atoms with van der Waals surface area (Å²) in [4.78, 5) is 16.2. The maximum absolute atomic E-state index is 13.7. The van der Waals surface area contributed by atoms with Gasteiger partial charge in [0.1, 0.15) is 21.0 Å². The number of nitriles is 1. The van der Waals surface area contributed by atoms with Crippen LogP contribution in [0.15, 0.2) is 53.7 Å². The van der Waals surface area contributed by atoms with E-state index in [1.54, 1.807) is 0 Å². The molecule has 0 unspecified atom stereocenters. The van der Waals surface area contributed by atoms with Gasteiger partial charge in [0.15, 0.2) is 29.3 Å². The number of ether oxygens (including phenoxy) is 3. The molecular weight excluding hydrogens is 711 g/mol. The number of carbonyl (C=O) groups excluding carboxylic acids is 1. The average molecular weight is 737 g/mol. The Hall–Kier alpha value is -2.90. The molecule has 3 aromatic rings. The van der Waals surface area contributed by atoms with Crippen molar-refractivity contribution in [2.75, 3.05) is 18.9 Å². The lowest BCUT2D eigenvalue weighted by molar-refractivity contribution is -0.377. The number of H-pyrrole nitrogens is 1. The van der Waals surface area contributed by atoms with E-state index < -0.39 is 34.1 Å². The predicted octanol–water partition coefficient (Wildman–Crippen LogP) is 6.14. The highest BCUT2D eigenvalue weighted by Gasteiger charge is 2.43. The van der Waals surface area contributed by atoms with Crippen LogP contribution >= 0.6 is 46.6 Å². The lowest BCUT2D eigenvalue weighted by Crippen LogP contribution is -2.40. The molecule has 1 aliphatic carbocycles. The number of benzene rings is 2. The number of nitrogens with zero attached hydrogens (tertiary/aromatic N) is 2. The highest BCUT2D eigenvalue weighted by Crippen LogP contribution is 2.39. The van der Waals surface area contributed by atoms with Gasteiger partial charge in [-0.1, -0.05) is 40.9 Å². The summed E-state index contributed by atoms with van der Waals surface area (Å²) < 4.78 is 71.0. The zero-order valence-electron chi connectivity index (χ0n) is 23.7. The van der Waals surface area contributed by atoms with Crippen molar-refractivity contribution in [3.63, 3.8) is 0 Å². The van der Waals surface area contributed by atoms with Gasteiger partial charge in [0, 0.05) is 24.3 Å². The Labute approximate surface area is 282 Å². The number of thioether (sulfide) groups is 1. The fourth-order valence-electron chi connectivity index (χ4n) is 4.59. The number of aromatic amines is 1. The van der Waals surface area contributed by atoms with E-state index in [-0.39, 0.29) is 61.2 Å². The molecule has 17 heteroatoms. The minimum Gasteiger partial charge on any atom is -0.870 e. The normalized spacial score (nSPS) is 17.2. The highest BCUT2D eigenvalue weighted by atomic mass is 35.5. The Bertz CT molecular complexity index is 1720. The first-order valence-electron chi connectivity index (χ1n) is 13.6. The molecule has 5 rings (SSSR count). The molecule has 2 N–H and O–H groups in total. The number of nitrogens with one attached hydrogen (secondary N) is 1. The molecule has 0 spiro atoms. The van der Waals surface area contributed by atoms with Crippen LogP contribution in [0.4, 0.5) is 8.78 Å². The fraction of sp³-hybridized carbons (Fsp3) is 0.345. The molecule has 2 atom stereocenters. The summed E-state index contributed by atoms with van der Waals surface area (Å²) in [6, 6.07) is 9.89. The molecule has 2 fully saturated rings. The molecule has 0 amide bonds.